The molecule has 1 N–H and O–H groups in total. The lowest BCUT2D eigenvalue weighted by molar-refractivity contribution is -0.136. The Kier molecular flexibility index (Phi) is 7.41. The zero-order valence-corrected chi connectivity index (χ0v) is 12.6. The summed E-state index contributed by atoms with van der Waals surface area (Å²) in [5.41, 5.74) is 2.35. The monoisotopic (exact) mass is 281 g/mol. The highest BCUT2D eigenvalue weighted by atomic mass is 32.2. The van der Waals surface area contributed by atoms with Gasteiger partial charge in [0.2, 0.25) is 0 Å². The van der Waals surface area contributed by atoms with Crippen LogP contribution in [-0.4, -0.2) is 36.2 Å². The first-order valence-corrected chi connectivity index (χ1v) is 8.05. The molecule has 0 bridgehead atoms. The number of aryl methyl sites for hydroxylation is 1. The van der Waals surface area contributed by atoms with Crippen molar-refractivity contribution in [3.63, 3.8) is 0 Å². The summed E-state index contributed by atoms with van der Waals surface area (Å²) in [4.78, 5) is 12.9. The number of hydrogen-bond donors (Lipinski definition) is 1. The second kappa shape index (κ2) is 8.86. The highest BCUT2D eigenvalue weighted by Crippen LogP contribution is 2.16. The van der Waals surface area contributed by atoms with Crippen LogP contribution in [0.3, 0.4) is 0 Å². The molecule has 0 aliphatic heterocycles. The van der Waals surface area contributed by atoms with Crippen molar-refractivity contribution >= 4 is 23.4 Å². The summed E-state index contributed by atoms with van der Waals surface area (Å²) in [6.45, 7) is 3.57. The van der Waals surface area contributed by atoms with Crippen molar-refractivity contribution in [1.29, 1.82) is 0 Å². The fourth-order valence-electron chi connectivity index (χ4n) is 1.91. The van der Waals surface area contributed by atoms with E-state index in [9.17, 15) is 4.79 Å². The lowest BCUT2D eigenvalue weighted by Gasteiger charge is -2.24. The number of carboxylic acid groups (broad SMARTS) is 1. The second-order valence-corrected chi connectivity index (χ2v) is 5.65. The van der Waals surface area contributed by atoms with E-state index in [4.69, 9.17) is 5.11 Å². The Labute approximate surface area is 120 Å². The van der Waals surface area contributed by atoms with Crippen LogP contribution < -0.4 is 4.90 Å². The summed E-state index contributed by atoms with van der Waals surface area (Å²) in [7, 11) is 0. The van der Waals surface area contributed by atoms with Gasteiger partial charge in [-0.1, -0.05) is 17.7 Å². The molecule has 0 saturated heterocycles. The third-order valence-corrected chi connectivity index (χ3v) is 3.72. The fraction of sp³-hybridized carbons (Fsp3) is 0.533. The number of carboxylic acids is 1. The van der Waals surface area contributed by atoms with Crippen LogP contribution >= 0.6 is 11.8 Å². The maximum absolute atomic E-state index is 10.7. The predicted molar refractivity (Wildman–Crippen MR) is 83.3 cm³/mol. The molecule has 0 aromatic heterocycles. The second-order valence-electron chi connectivity index (χ2n) is 4.67. The Morgan fingerprint density at radius 1 is 1.21 bits per heavy atom. The van der Waals surface area contributed by atoms with Crippen molar-refractivity contribution in [2.45, 2.75) is 26.2 Å². The molecular formula is C15H23NO2S. The summed E-state index contributed by atoms with van der Waals surface area (Å²) in [6.07, 6.45) is 4.59. The number of aliphatic carboxylic acids is 1. The molecule has 0 unspecified atom stereocenters. The first kappa shape index (κ1) is 15.9. The number of unbranched alkanes of at least 4 members (excludes halogenated alkanes) is 1. The van der Waals surface area contributed by atoms with Gasteiger partial charge in [0.05, 0.1) is 6.42 Å². The summed E-state index contributed by atoms with van der Waals surface area (Å²) in [6, 6.07) is 8.30. The highest BCUT2D eigenvalue weighted by Gasteiger charge is 2.08. The van der Waals surface area contributed by atoms with Crippen LogP contribution in [0, 0.1) is 6.92 Å². The van der Waals surface area contributed by atoms with Crippen molar-refractivity contribution < 1.29 is 9.90 Å². The molecule has 0 atom stereocenters. The minimum atomic E-state index is -0.735. The van der Waals surface area contributed by atoms with Crippen LogP contribution in [0.5, 0.6) is 0 Å². The van der Waals surface area contributed by atoms with Crippen molar-refractivity contribution in [3.8, 4) is 0 Å². The van der Waals surface area contributed by atoms with Crippen molar-refractivity contribution in [2.24, 2.45) is 0 Å². The van der Waals surface area contributed by atoms with Gasteiger partial charge < -0.3 is 10.0 Å². The third-order valence-electron chi connectivity index (χ3n) is 3.02. The Morgan fingerprint density at radius 3 is 2.47 bits per heavy atom. The summed E-state index contributed by atoms with van der Waals surface area (Å²) in [5, 5.41) is 8.83. The SMILES string of the molecule is CSCCCCN(CCC(=O)O)c1ccc(C)cc1. The van der Waals surface area contributed by atoms with Gasteiger partial charge in [0.1, 0.15) is 0 Å². The van der Waals surface area contributed by atoms with E-state index >= 15 is 0 Å². The van der Waals surface area contributed by atoms with Gasteiger partial charge in [0, 0.05) is 18.8 Å². The summed E-state index contributed by atoms with van der Waals surface area (Å²) < 4.78 is 0. The standard InChI is InChI=1S/C15H23NO2S/c1-13-5-7-14(8-6-13)16(11-9-15(17)18)10-3-4-12-19-2/h5-8H,3-4,9-12H2,1-2H3,(H,17,18). The van der Waals surface area contributed by atoms with Crippen LogP contribution in [0.25, 0.3) is 0 Å². The molecule has 1 aromatic rings. The van der Waals surface area contributed by atoms with E-state index in [-0.39, 0.29) is 6.42 Å². The number of thioether (sulfide) groups is 1. The molecule has 0 radical (unpaired) electrons. The van der Waals surface area contributed by atoms with Gasteiger partial charge in [-0.05, 0) is 43.9 Å². The fourth-order valence-corrected chi connectivity index (χ4v) is 2.40. The molecule has 0 aliphatic rings. The highest BCUT2D eigenvalue weighted by molar-refractivity contribution is 7.98. The van der Waals surface area contributed by atoms with Gasteiger partial charge in [-0.2, -0.15) is 11.8 Å². The lowest BCUT2D eigenvalue weighted by Crippen LogP contribution is -2.27. The van der Waals surface area contributed by atoms with Crippen LogP contribution in [0.2, 0.25) is 0 Å². The Balaban J connectivity index is 2.57. The number of benzene rings is 1. The molecule has 19 heavy (non-hydrogen) atoms. The number of hydrogen-bond acceptors (Lipinski definition) is 3. The summed E-state index contributed by atoms with van der Waals surface area (Å²) in [5.74, 6) is 0.432. The Hall–Kier alpha value is -1.16. The molecule has 0 aliphatic carbocycles. The first-order chi connectivity index (χ1) is 9.13. The van der Waals surface area contributed by atoms with E-state index in [0.29, 0.717) is 6.54 Å². The normalized spacial score (nSPS) is 10.4. The van der Waals surface area contributed by atoms with Gasteiger partial charge >= 0.3 is 5.97 Å². The average Bonchev–Trinajstić information content (AvgIpc) is 2.39. The molecule has 0 spiro atoms. The lowest BCUT2D eigenvalue weighted by atomic mass is 10.2. The van der Waals surface area contributed by atoms with E-state index in [1.165, 1.54) is 17.7 Å². The first-order valence-electron chi connectivity index (χ1n) is 6.66. The van der Waals surface area contributed by atoms with E-state index < -0.39 is 5.97 Å². The van der Waals surface area contributed by atoms with Gasteiger partial charge in [-0.15, -0.1) is 0 Å². The van der Waals surface area contributed by atoms with E-state index in [2.05, 4.69) is 42.3 Å². The van der Waals surface area contributed by atoms with Crippen LogP contribution in [0.1, 0.15) is 24.8 Å². The zero-order chi connectivity index (χ0) is 14.1. The Morgan fingerprint density at radius 2 is 1.89 bits per heavy atom. The van der Waals surface area contributed by atoms with Gasteiger partial charge in [-0.25, -0.2) is 0 Å². The number of nitrogens with zero attached hydrogens (tertiary/aromatic N) is 1. The van der Waals surface area contributed by atoms with Crippen LogP contribution in [0.15, 0.2) is 24.3 Å². The summed E-state index contributed by atoms with van der Waals surface area (Å²) >= 11 is 1.86. The quantitative estimate of drug-likeness (QED) is 0.704. The van der Waals surface area contributed by atoms with Crippen molar-refractivity contribution in [3.05, 3.63) is 29.8 Å². The van der Waals surface area contributed by atoms with Crippen molar-refractivity contribution in [1.82, 2.24) is 0 Å². The predicted octanol–water partition coefficient (Wildman–Crippen LogP) is 3.42. The third kappa shape index (κ3) is 6.53. The topological polar surface area (TPSA) is 40.5 Å². The number of anilines is 1. The molecule has 106 valence electrons. The molecule has 1 aromatic carbocycles. The minimum Gasteiger partial charge on any atom is -0.481 e. The number of carbonyl (C=O) groups is 1. The maximum Gasteiger partial charge on any atom is 0.305 e. The molecular weight excluding hydrogens is 258 g/mol. The largest absolute Gasteiger partial charge is 0.481 e. The molecule has 0 amide bonds. The molecule has 0 heterocycles. The van der Waals surface area contributed by atoms with E-state index in [0.717, 1.165) is 18.7 Å². The van der Waals surface area contributed by atoms with E-state index in [1.54, 1.807) is 0 Å². The zero-order valence-electron chi connectivity index (χ0n) is 11.8. The van der Waals surface area contributed by atoms with Crippen molar-refractivity contribution in [2.75, 3.05) is 30.0 Å². The van der Waals surface area contributed by atoms with Crippen LogP contribution in [-0.2, 0) is 4.79 Å². The average molecular weight is 281 g/mol. The molecule has 3 nitrogen and oxygen atoms in total. The smallest absolute Gasteiger partial charge is 0.305 e. The molecule has 0 fully saturated rings. The maximum atomic E-state index is 10.7. The van der Waals surface area contributed by atoms with Crippen LogP contribution in [0.4, 0.5) is 5.69 Å². The molecule has 4 heteroatoms. The van der Waals surface area contributed by atoms with Gasteiger partial charge in [0.25, 0.3) is 0 Å². The molecule has 1 rings (SSSR count). The number of rotatable bonds is 9. The van der Waals surface area contributed by atoms with E-state index in [1.807, 2.05) is 11.8 Å². The van der Waals surface area contributed by atoms with Gasteiger partial charge in [-0.3, -0.25) is 4.79 Å². The Bertz CT molecular complexity index is 378. The minimum absolute atomic E-state index is 0.191. The van der Waals surface area contributed by atoms with Gasteiger partial charge in [0.15, 0.2) is 0 Å². The molecule has 0 saturated carbocycles.